The molecule has 1 amide bonds. The van der Waals surface area contributed by atoms with E-state index in [9.17, 15) is 4.79 Å². The molecule has 1 aromatic carbocycles. The van der Waals surface area contributed by atoms with Crippen LogP contribution in [0.3, 0.4) is 0 Å². The normalized spacial score (nSPS) is 18.3. The number of carbonyl (C=O) groups excluding carboxylic acids is 1. The third-order valence-corrected chi connectivity index (χ3v) is 4.40. The van der Waals surface area contributed by atoms with Gasteiger partial charge in [-0.3, -0.25) is 0 Å². The molecule has 0 aromatic heterocycles. The number of halogens is 1. The Morgan fingerprint density at radius 1 is 1.35 bits per heavy atom. The van der Waals surface area contributed by atoms with E-state index in [-0.39, 0.29) is 6.09 Å². The lowest BCUT2D eigenvalue weighted by atomic mass is 10.1. The Kier molecular flexibility index (Phi) is 6.48. The molecule has 1 aliphatic rings. The van der Waals surface area contributed by atoms with Gasteiger partial charge in [-0.15, -0.1) is 0 Å². The summed E-state index contributed by atoms with van der Waals surface area (Å²) >= 11 is 3.45. The smallest absolute Gasteiger partial charge is 0.410 e. The van der Waals surface area contributed by atoms with Crippen LogP contribution in [0.5, 0.6) is 0 Å². The second-order valence-electron chi connectivity index (χ2n) is 7.16. The molecule has 1 aliphatic heterocycles. The third-order valence-electron chi connectivity index (χ3n) is 3.87. The van der Waals surface area contributed by atoms with Crippen LogP contribution in [-0.2, 0) is 11.2 Å². The van der Waals surface area contributed by atoms with Gasteiger partial charge in [0.15, 0.2) is 0 Å². The predicted octanol–water partition coefficient (Wildman–Crippen LogP) is 3.84. The van der Waals surface area contributed by atoms with E-state index in [1.54, 1.807) is 0 Å². The van der Waals surface area contributed by atoms with Gasteiger partial charge in [0, 0.05) is 17.6 Å². The maximum absolute atomic E-state index is 12.0. The molecular formula is C18H27BrN2O2. The second kappa shape index (κ2) is 8.15. The molecule has 1 heterocycles. The van der Waals surface area contributed by atoms with Gasteiger partial charge < -0.3 is 15.0 Å². The number of likely N-dealkylation sites (tertiary alicyclic amines) is 1. The summed E-state index contributed by atoms with van der Waals surface area (Å²) in [4.78, 5) is 13.9. The van der Waals surface area contributed by atoms with Gasteiger partial charge in [0.25, 0.3) is 0 Å². The number of nitrogens with one attached hydrogen (secondary N) is 1. The topological polar surface area (TPSA) is 41.6 Å². The van der Waals surface area contributed by atoms with E-state index in [4.69, 9.17) is 4.74 Å². The van der Waals surface area contributed by atoms with Crippen molar-refractivity contribution in [3.05, 3.63) is 34.3 Å². The molecule has 4 nitrogen and oxygen atoms in total. The highest BCUT2D eigenvalue weighted by Crippen LogP contribution is 2.19. The van der Waals surface area contributed by atoms with E-state index in [1.165, 1.54) is 5.56 Å². The van der Waals surface area contributed by atoms with Crippen LogP contribution < -0.4 is 5.32 Å². The molecular weight excluding hydrogens is 356 g/mol. The number of hydrogen-bond donors (Lipinski definition) is 1. The van der Waals surface area contributed by atoms with Crippen molar-refractivity contribution in [2.45, 2.75) is 39.2 Å². The summed E-state index contributed by atoms with van der Waals surface area (Å²) in [6.07, 6.45) is 1.88. The summed E-state index contributed by atoms with van der Waals surface area (Å²) in [6.45, 7) is 9.22. The Morgan fingerprint density at radius 3 is 2.70 bits per heavy atom. The highest BCUT2D eigenvalue weighted by molar-refractivity contribution is 9.10. The van der Waals surface area contributed by atoms with Gasteiger partial charge in [-0.1, -0.05) is 28.1 Å². The molecule has 0 aliphatic carbocycles. The van der Waals surface area contributed by atoms with Gasteiger partial charge in [0.05, 0.1) is 0 Å². The Balaban J connectivity index is 1.64. The largest absolute Gasteiger partial charge is 0.444 e. The Bertz CT molecular complexity index is 511. The molecule has 1 saturated heterocycles. The van der Waals surface area contributed by atoms with Crippen molar-refractivity contribution < 1.29 is 9.53 Å². The first-order valence-electron chi connectivity index (χ1n) is 8.26. The molecule has 0 saturated carbocycles. The quantitative estimate of drug-likeness (QED) is 0.786. The standard InChI is InChI=1S/C18H27BrN2O2/c1-18(2,3)23-17(22)21-11-9-15(13-21)12-20-10-8-14-4-6-16(19)7-5-14/h4-7,15,20H,8-13H2,1-3H3/t15-/m1/s1. The number of hydrogen-bond acceptors (Lipinski definition) is 3. The minimum Gasteiger partial charge on any atom is -0.444 e. The zero-order valence-corrected chi connectivity index (χ0v) is 15.9. The lowest BCUT2D eigenvalue weighted by molar-refractivity contribution is 0.0288. The van der Waals surface area contributed by atoms with Gasteiger partial charge >= 0.3 is 6.09 Å². The summed E-state index contributed by atoms with van der Waals surface area (Å²) in [5.41, 5.74) is 0.917. The maximum atomic E-state index is 12.0. The SMILES string of the molecule is CC(C)(C)OC(=O)N1CC[C@H](CNCCc2ccc(Br)cc2)C1. The summed E-state index contributed by atoms with van der Waals surface area (Å²) in [7, 11) is 0. The molecule has 23 heavy (non-hydrogen) atoms. The van der Waals surface area contributed by atoms with Crippen molar-refractivity contribution in [2.75, 3.05) is 26.2 Å². The van der Waals surface area contributed by atoms with Crippen molar-refractivity contribution in [1.82, 2.24) is 10.2 Å². The second-order valence-corrected chi connectivity index (χ2v) is 8.08. The summed E-state index contributed by atoms with van der Waals surface area (Å²) < 4.78 is 6.54. The fourth-order valence-electron chi connectivity index (χ4n) is 2.68. The highest BCUT2D eigenvalue weighted by Gasteiger charge is 2.29. The molecule has 0 radical (unpaired) electrons. The average Bonchev–Trinajstić information content (AvgIpc) is 2.93. The van der Waals surface area contributed by atoms with E-state index in [0.717, 1.165) is 43.5 Å². The summed E-state index contributed by atoms with van der Waals surface area (Å²) in [5, 5.41) is 3.51. The molecule has 0 spiro atoms. The van der Waals surface area contributed by atoms with Crippen molar-refractivity contribution in [1.29, 1.82) is 0 Å². The van der Waals surface area contributed by atoms with Gasteiger partial charge in [0.2, 0.25) is 0 Å². The minimum atomic E-state index is -0.419. The van der Waals surface area contributed by atoms with Crippen LogP contribution >= 0.6 is 15.9 Å². The molecule has 0 unspecified atom stereocenters. The van der Waals surface area contributed by atoms with Crippen molar-refractivity contribution >= 4 is 22.0 Å². The number of carbonyl (C=O) groups is 1. The van der Waals surface area contributed by atoms with Crippen LogP contribution in [0, 0.1) is 5.92 Å². The number of ether oxygens (including phenoxy) is 1. The van der Waals surface area contributed by atoms with Gasteiger partial charge in [0.1, 0.15) is 5.60 Å². The van der Waals surface area contributed by atoms with Crippen LogP contribution in [0.1, 0.15) is 32.8 Å². The van der Waals surface area contributed by atoms with Crippen LogP contribution in [0.4, 0.5) is 4.79 Å². The average molecular weight is 383 g/mol. The molecule has 128 valence electrons. The number of nitrogens with zero attached hydrogens (tertiary/aromatic N) is 1. The predicted molar refractivity (Wildman–Crippen MR) is 96.6 cm³/mol. The Labute approximate surface area is 147 Å². The van der Waals surface area contributed by atoms with E-state index in [2.05, 4.69) is 45.5 Å². The van der Waals surface area contributed by atoms with E-state index < -0.39 is 5.60 Å². The zero-order chi connectivity index (χ0) is 16.9. The molecule has 1 N–H and O–H groups in total. The van der Waals surface area contributed by atoms with Crippen LogP contribution in [0.2, 0.25) is 0 Å². The maximum Gasteiger partial charge on any atom is 0.410 e. The summed E-state index contributed by atoms with van der Waals surface area (Å²) in [6, 6.07) is 8.44. The van der Waals surface area contributed by atoms with E-state index >= 15 is 0 Å². The summed E-state index contributed by atoms with van der Waals surface area (Å²) in [5.74, 6) is 0.521. The van der Waals surface area contributed by atoms with Crippen LogP contribution in [0.15, 0.2) is 28.7 Å². The minimum absolute atomic E-state index is 0.185. The molecule has 1 fully saturated rings. The third kappa shape index (κ3) is 6.51. The van der Waals surface area contributed by atoms with Crippen LogP contribution in [-0.4, -0.2) is 42.8 Å². The molecule has 0 bridgehead atoms. The van der Waals surface area contributed by atoms with Gasteiger partial charge in [-0.05, 0) is 70.3 Å². The first-order valence-corrected chi connectivity index (χ1v) is 9.06. The molecule has 2 rings (SSSR count). The fraction of sp³-hybridized carbons (Fsp3) is 0.611. The number of amides is 1. The van der Waals surface area contributed by atoms with Crippen LogP contribution in [0.25, 0.3) is 0 Å². The fourth-order valence-corrected chi connectivity index (χ4v) is 2.95. The molecule has 5 heteroatoms. The Morgan fingerprint density at radius 2 is 2.04 bits per heavy atom. The zero-order valence-electron chi connectivity index (χ0n) is 14.3. The first-order chi connectivity index (χ1) is 10.8. The van der Waals surface area contributed by atoms with E-state index in [1.807, 2.05) is 25.7 Å². The van der Waals surface area contributed by atoms with Gasteiger partial charge in [-0.2, -0.15) is 0 Å². The lowest BCUT2D eigenvalue weighted by Crippen LogP contribution is -2.36. The first kappa shape index (κ1) is 18.3. The lowest BCUT2D eigenvalue weighted by Gasteiger charge is -2.24. The molecule has 1 atom stereocenters. The number of benzene rings is 1. The van der Waals surface area contributed by atoms with Crippen molar-refractivity contribution in [3.63, 3.8) is 0 Å². The van der Waals surface area contributed by atoms with Gasteiger partial charge in [-0.25, -0.2) is 4.79 Å². The highest BCUT2D eigenvalue weighted by atomic mass is 79.9. The van der Waals surface area contributed by atoms with E-state index in [0.29, 0.717) is 5.92 Å². The monoisotopic (exact) mass is 382 g/mol. The van der Waals surface area contributed by atoms with Crippen molar-refractivity contribution in [3.8, 4) is 0 Å². The van der Waals surface area contributed by atoms with Crippen molar-refractivity contribution in [2.24, 2.45) is 5.92 Å². The molecule has 1 aromatic rings. The number of rotatable bonds is 5. The Hall–Kier alpha value is -1.07.